The predicted octanol–water partition coefficient (Wildman–Crippen LogP) is 3.61. The minimum atomic E-state index is -0.598. The van der Waals surface area contributed by atoms with Crippen LogP contribution in [0.25, 0.3) is 0 Å². The number of rotatable bonds is 5. The average Bonchev–Trinajstić information content (AvgIpc) is 2.59. The van der Waals surface area contributed by atoms with E-state index in [4.69, 9.17) is 18.9 Å². The Morgan fingerprint density at radius 3 is 2.25 bits per heavy atom. The standard InChI is InChI=1S/C18H20O6/c1-10-9-14(15(18(20)23-5)11(2)16(10)19)24-13-8-6-7-12(21-3)17(13)22-4/h6-9,19H,1-5H3. The first-order chi connectivity index (χ1) is 11.4. The summed E-state index contributed by atoms with van der Waals surface area (Å²) in [7, 11) is 4.30. The predicted molar refractivity (Wildman–Crippen MR) is 88.5 cm³/mol. The van der Waals surface area contributed by atoms with Crippen LogP contribution in [0.2, 0.25) is 0 Å². The number of carbonyl (C=O) groups excluding carboxylic acids is 1. The molecule has 0 saturated heterocycles. The molecule has 128 valence electrons. The first-order valence-corrected chi connectivity index (χ1v) is 7.24. The quantitative estimate of drug-likeness (QED) is 0.843. The average molecular weight is 332 g/mol. The Hall–Kier alpha value is -2.89. The zero-order valence-corrected chi connectivity index (χ0v) is 14.3. The van der Waals surface area contributed by atoms with Crippen LogP contribution in [0, 0.1) is 13.8 Å². The lowest BCUT2D eigenvalue weighted by atomic mass is 10.0. The van der Waals surface area contributed by atoms with E-state index in [0.717, 1.165) is 0 Å². The van der Waals surface area contributed by atoms with Crippen molar-refractivity contribution in [3.05, 3.63) is 41.0 Å². The second kappa shape index (κ2) is 7.12. The summed E-state index contributed by atoms with van der Waals surface area (Å²) in [5.41, 5.74) is 1.13. The number of phenolic OH excluding ortho intramolecular Hbond substituents is 1. The van der Waals surface area contributed by atoms with Crippen LogP contribution in [0.1, 0.15) is 21.5 Å². The number of methoxy groups -OCH3 is 3. The fraction of sp³-hybridized carbons (Fsp3) is 0.278. The van der Waals surface area contributed by atoms with Crippen LogP contribution in [0.5, 0.6) is 28.7 Å². The molecule has 0 aliphatic heterocycles. The van der Waals surface area contributed by atoms with Crippen LogP contribution in [0.3, 0.4) is 0 Å². The van der Waals surface area contributed by atoms with Crippen molar-refractivity contribution < 1.29 is 28.8 Å². The van der Waals surface area contributed by atoms with Gasteiger partial charge in [0.05, 0.1) is 21.3 Å². The van der Waals surface area contributed by atoms with E-state index < -0.39 is 5.97 Å². The van der Waals surface area contributed by atoms with Crippen LogP contribution in [-0.2, 0) is 4.74 Å². The summed E-state index contributed by atoms with van der Waals surface area (Å²) < 4.78 is 21.3. The highest BCUT2D eigenvalue weighted by atomic mass is 16.5. The Morgan fingerprint density at radius 1 is 1.00 bits per heavy atom. The Labute approximate surface area is 140 Å². The molecular formula is C18H20O6. The van der Waals surface area contributed by atoms with Crippen molar-refractivity contribution in [1.82, 2.24) is 0 Å². The Bertz CT molecular complexity index is 767. The first kappa shape index (κ1) is 17.5. The number of benzene rings is 2. The maximum Gasteiger partial charge on any atom is 0.342 e. The molecule has 0 fully saturated rings. The SMILES string of the molecule is COC(=O)c1c(Oc2cccc(OC)c2OC)cc(C)c(O)c1C. The number of hydrogen-bond acceptors (Lipinski definition) is 6. The van der Waals surface area contributed by atoms with E-state index in [1.54, 1.807) is 38.1 Å². The number of hydrogen-bond donors (Lipinski definition) is 1. The van der Waals surface area contributed by atoms with Crippen LogP contribution >= 0.6 is 0 Å². The number of para-hydroxylation sites is 1. The number of aromatic hydroxyl groups is 1. The minimum absolute atomic E-state index is 0.0281. The summed E-state index contributed by atoms with van der Waals surface area (Å²) in [5, 5.41) is 10.1. The number of esters is 1. The third kappa shape index (κ3) is 3.08. The lowest BCUT2D eigenvalue weighted by Crippen LogP contribution is -2.07. The van der Waals surface area contributed by atoms with E-state index in [1.807, 2.05) is 0 Å². The molecule has 2 rings (SSSR count). The van der Waals surface area contributed by atoms with Gasteiger partial charge < -0.3 is 24.1 Å². The van der Waals surface area contributed by atoms with Gasteiger partial charge in [0.1, 0.15) is 17.1 Å². The molecule has 1 N–H and O–H groups in total. The zero-order chi connectivity index (χ0) is 17.9. The van der Waals surface area contributed by atoms with E-state index in [2.05, 4.69) is 0 Å². The van der Waals surface area contributed by atoms with Gasteiger partial charge in [-0.3, -0.25) is 0 Å². The van der Waals surface area contributed by atoms with Crippen molar-refractivity contribution in [2.75, 3.05) is 21.3 Å². The van der Waals surface area contributed by atoms with Crippen molar-refractivity contribution in [2.24, 2.45) is 0 Å². The molecule has 24 heavy (non-hydrogen) atoms. The summed E-state index contributed by atoms with van der Waals surface area (Å²) >= 11 is 0. The van der Waals surface area contributed by atoms with E-state index >= 15 is 0 Å². The van der Waals surface area contributed by atoms with Crippen molar-refractivity contribution in [3.63, 3.8) is 0 Å². The summed E-state index contributed by atoms with van der Waals surface area (Å²) in [6, 6.07) is 6.75. The molecule has 0 radical (unpaired) electrons. The van der Waals surface area contributed by atoms with E-state index in [0.29, 0.717) is 28.4 Å². The molecule has 2 aromatic carbocycles. The van der Waals surface area contributed by atoms with Crippen LogP contribution in [0.4, 0.5) is 0 Å². The van der Waals surface area contributed by atoms with Gasteiger partial charge in [0.15, 0.2) is 11.5 Å². The molecule has 0 saturated carbocycles. The topological polar surface area (TPSA) is 74.2 Å². The van der Waals surface area contributed by atoms with Gasteiger partial charge in [-0.1, -0.05) is 6.07 Å². The number of aryl methyl sites for hydroxylation is 1. The van der Waals surface area contributed by atoms with Crippen LogP contribution in [0.15, 0.2) is 24.3 Å². The molecule has 0 spiro atoms. The lowest BCUT2D eigenvalue weighted by Gasteiger charge is -2.17. The molecular weight excluding hydrogens is 312 g/mol. The fourth-order valence-corrected chi connectivity index (χ4v) is 2.43. The molecule has 0 amide bonds. The monoisotopic (exact) mass is 332 g/mol. The molecule has 6 nitrogen and oxygen atoms in total. The normalized spacial score (nSPS) is 10.2. The van der Waals surface area contributed by atoms with Crippen molar-refractivity contribution >= 4 is 5.97 Å². The van der Waals surface area contributed by atoms with Gasteiger partial charge in [-0.2, -0.15) is 0 Å². The Morgan fingerprint density at radius 2 is 1.67 bits per heavy atom. The number of carbonyl (C=O) groups is 1. The third-order valence-electron chi connectivity index (χ3n) is 3.67. The second-order valence-corrected chi connectivity index (χ2v) is 5.13. The Kier molecular flexibility index (Phi) is 5.18. The smallest absolute Gasteiger partial charge is 0.342 e. The van der Waals surface area contributed by atoms with Crippen molar-refractivity contribution in [1.29, 1.82) is 0 Å². The van der Waals surface area contributed by atoms with Gasteiger partial charge in [-0.15, -0.1) is 0 Å². The maximum absolute atomic E-state index is 12.1. The first-order valence-electron chi connectivity index (χ1n) is 7.24. The highest BCUT2D eigenvalue weighted by Crippen LogP contribution is 2.42. The second-order valence-electron chi connectivity index (χ2n) is 5.13. The molecule has 6 heteroatoms. The summed E-state index contributed by atoms with van der Waals surface area (Å²) in [6.07, 6.45) is 0. The summed E-state index contributed by atoms with van der Waals surface area (Å²) in [6.45, 7) is 3.35. The van der Waals surface area contributed by atoms with Gasteiger partial charge in [0, 0.05) is 5.56 Å². The molecule has 0 bridgehead atoms. The number of phenols is 1. The van der Waals surface area contributed by atoms with Crippen molar-refractivity contribution in [3.8, 4) is 28.7 Å². The van der Waals surface area contributed by atoms with Gasteiger partial charge in [0.2, 0.25) is 5.75 Å². The summed E-state index contributed by atoms with van der Waals surface area (Å²) in [4.78, 5) is 12.1. The highest BCUT2D eigenvalue weighted by molar-refractivity contribution is 5.95. The molecule has 0 aromatic heterocycles. The highest BCUT2D eigenvalue weighted by Gasteiger charge is 2.23. The summed E-state index contributed by atoms with van der Waals surface area (Å²) in [5.74, 6) is 0.980. The maximum atomic E-state index is 12.1. The molecule has 2 aromatic rings. The van der Waals surface area contributed by atoms with Gasteiger partial charge in [-0.25, -0.2) is 4.79 Å². The van der Waals surface area contributed by atoms with Crippen LogP contribution < -0.4 is 14.2 Å². The van der Waals surface area contributed by atoms with Crippen molar-refractivity contribution in [2.45, 2.75) is 13.8 Å². The lowest BCUT2D eigenvalue weighted by molar-refractivity contribution is 0.0596. The fourth-order valence-electron chi connectivity index (χ4n) is 2.43. The van der Waals surface area contributed by atoms with Gasteiger partial charge in [0.25, 0.3) is 0 Å². The van der Waals surface area contributed by atoms with Gasteiger partial charge >= 0.3 is 5.97 Å². The van der Waals surface area contributed by atoms with E-state index in [1.165, 1.54) is 21.3 Å². The molecule has 0 aliphatic carbocycles. The number of ether oxygens (including phenoxy) is 4. The zero-order valence-electron chi connectivity index (χ0n) is 14.3. The van der Waals surface area contributed by atoms with Gasteiger partial charge in [-0.05, 0) is 37.6 Å². The Balaban J connectivity index is 2.60. The van der Waals surface area contributed by atoms with Crippen LogP contribution in [-0.4, -0.2) is 32.4 Å². The third-order valence-corrected chi connectivity index (χ3v) is 3.67. The van der Waals surface area contributed by atoms with E-state index in [9.17, 15) is 9.90 Å². The molecule has 0 unspecified atom stereocenters. The minimum Gasteiger partial charge on any atom is -0.507 e. The molecule has 0 heterocycles. The largest absolute Gasteiger partial charge is 0.507 e. The van der Waals surface area contributed by atoms with E-state index in [-0.39, 0.29) is 17.1 Å². The molecule has 0 atom stereocenters. The molecule has 0 aliphatic rings.